The lowest BCUT2D eigenvalue weighted by Gasteiger charge is -2.14. The summed E-state index contributed by atoms with van der Waals surface area (Å²) in [6.07, 6.45) is 2.09. The molecule has 2 aromatic rings. The summed E-state index contributed by atoms with van der Waals surface area (Å²) in [6, 6.07) is 6.73. The van der Waals surface area contributed by atoms with Crippen molar-refractivity contribution < 1.29 is 4.92 Å². The van der Waals surface area contributed by atoms with Crippen LogP contribution in [0.1, 0.15) is 12.6 Å². The molecule has 21 heavy (non-hydrogen) atoms. The molecule has 0 aliphatic carbocycles. The van der Waals surface area contributed by atoms with Crippen LogP contribution in [0.5, 0.6) is 0 Å². The van der Waals surface area contributed by atoms with Crippen molar-refractivity contribution in [3.8, 4) is 0 Å². The minimum atomic E-state index is -0.376. The van der Waals surface area contributed by atoms with E-state index in [-0.39, 0.29) is 10.6 Å². The number of hydrogen-bond acceptors (Lipinski definition) is 5. The highest BCUT2D eigenvalue weighted by Gasteiger charge is 2.11. The molecule has 0 fully saturated rings. The molecule has 0 aliphatic rings. The third-order valence-electron chi connectivity index (χ3n) is 3.22. The summed E-state index contributed by atoms with van der Waals surface area (Å²) in [6.45, 7) is 4.95. The maximum atomic E-state index is 10.9. The Morgan fingerprint density at radius 3 is 2.86 bits per heavy atom. The van der Waals surface area contributed by atoms with Gasteiger partial charge in [-0.05, 0) is 37.0 Å². The summed E-state index contributed by atoms with van der Waals surface area (Å²) < 4.78 is 0. The lowest BCUT2D eigenvalue weighted by Crippen LogP contribution is -2.13. The van der Waals surface area contributed by atoms with Gasteiger partial charge >= 0.3 is 0 Å². The van der Waals surface area contributed by atoms with Gasteiger partial charge in [0, 0.05) is 35.4 Å². The molecule has 0 radical (unpaired) electrons. The Hall–Kier alpha value is -1.82. The summed E-state index contributed by atoms with van der Waals surface area (Å²) in [7, 11) is 0. The van der Waals surface area contributed by atoms with Gasteiger partial charge in [0.15, 0.2) is 0 Å². The molecule has 1 unspecified atom stereocenters. The van der Waals surface area contributed by atoms with Crippen molar-refractivity contribution in [1.29, 1.82) is 0 Å². The molecule has 5 nitrogen and oxygen atoms in total. The van der Waals surface area contributed by atoms with Gasteiger partial charge in [0.25, 0.3) is 5.69 Å². The fourth-order valence-electron chi connectivity index (χ4n) is 2.23. The largest absolute Gasteiger partial charge is 0.384 e. The highest BCUT2D eigenvalue weighted by atomic mass is 32.2. The predicted octanol–water partition coefficient (Wildman–Crippen LogP) is 3.86. The van der Waals surface area contributed by atoms with Gasteiger partial charge in [-0.25, -0.2) is 0 Å². The lowest BCUT2D eigenvalue weighted by atomic mass is 10.1. The van der Waals surface area contributed by atoms with Crippen molar-refractivity contribution in [2.75, 3.05) is 23.9 Å². The van der Waals surface area contributed by atoms with Crippen molar-refractivity contribution >= 4 is 34.0 Å². The zero-order valence-electron chi connectivity index (χ0n) is 12.4. The Morgan fingerprint density at radius 2 is 2.19 bits per heavy atom. The highest BCUT2D eigenvalue weighted by Crippen LogP contribution is 2.27. The lowest BCUT2D eigenvalue weighted by molar-refractivity contribution is -0.384. The van der Waals surface area contributed by atoms with E-state index in [1.807, 2.05) is 24.8 Å². The van der Waals surface area contributed by atoms with Crippen molar-refractivity contribution in [1.82, 2.24) is 4.98 Å². The molecule has 1 aromatic carbocycles. The third-order valence-corrected chi connectivity index (χ3v) is 4.13. The van der Waals surface area contributed by atoms with Crippen molar-refractivity contribution in [3.63, 3.8) is 0 Å². The molecule has 0 aliphatic heterocycles. The zero-order valence-corrected chi connectivity index (χ0v) is 13.2. The second kappa shape index (κ2) is 6.76. The molecule has 0 amide bonds. The molecule has 0 bridgehead atoms. The van der Waals surface area contributed by atoms with E-state index in [9.17, 15) is 10.1 Å². The average Bonchev–Trinajstić information content (AvgIpc) is 2.44. The summed E-state index contributed by atoms with van der Waals surface area (Å²) >= 11 is 1.82. The summed E-state index contributed by atoms with van der Waals surface area (Å²) in [5.41, 5.74) is 2.68. The van der Waals surface area contributed by atoms with Crippen LogP contribution < -0.4 is 5.32 Å². The fourth-order valence-corrected chi connectivity index (χ4v) is 2.92. The molecule has 0 saturated carbocycles. The van der Waals surface area contributed by atoms with Gasteiger partial charge in [-0.2, -0.15) is 11.8 Å². The maximum Gasteiger partial charge on any atom is 0.270 e. The highest BCUT2D eigenvalue weighted by molar-refractivity contribution is 7.98. The number of nitrogens with one attached hydrogen (secondary N) is 1. The van der Waals surface area contributed by atoms with Crippen LogP contribution in [0, 0.1) is 23.0 Å². The van der Waals surface area contributed by atoms with Gasteiger partial charge in [0.2, 0.25) is 0 Å². The molecule has 1 aromatic heterocycles. The van der Waals surface area contributed by atoms with Gasteiger partial charge in [-0.3, -0.25) is 15.1 Å². The van der Waals surface area contributed by atoms with Crippen LogP contribution in [0.15, 0.2) is 24.3 Å². The van der Waals surface area contributed by atoms with Gasteiger partial charge in [-0.15, -0.1) is 0 Å². The first-order chi connectivity index (χ1) is 10.0. The smallest absolute Gasteiger partial charge is 0.270 e. The normalized spacial score (nSPS) is 12.3. The van der Waals surface area contributed by atoms with E-state index >= 15 is 0 Å². The summed E-state index contributed by atoms with van der Waals surface area (Å²) in [5.74, 6) is 1.61. The summed E-state index contributed by atoms with van der Waals surface area (Å²) in [5, 5.41) is 15.1. The van der Waals surface area contributed by atoms with Crippen molar-refractivity contribution in [3.05, 3.63) is 40.1 Å². The van der Waals surface area contributed by atoms with E-state index in [1.165, 1.54) is 6.07 Å². The van der Waals surface area contributed by atoms with Crippen LogP contribution in [0.25, 0.3) is 10.9 Å². The van der Waals surface area contributed by atoms with Crippen LogP contribution in [0.3, 0.4) is 0 Å². The number of nitro groups is 1. The molecule has 6 heteroatoms. The second-order valence-corrected chi connectivity index (χ2v) is 6.12. The van der Waals surface area contributed by atoms with Crippen LogP contribution in [0.4, 0.5) is 11.4 Å². The molecule has 1 N–H and O–H groups in total. The van der Waals surface area contributed by atoms with E-state index in [0.717, 1.165) is 34.6 Å². The van der Waals surface area contributed by atoms with E-state index in [1.54, 1.807) is 12.1 Å². The Balaban J connectivity index is 2.36. The van der Waals surface area contributed by atoms with E-state index in [0.29, 0.717) is 5.92 Å². The van der Waals surface area contributed by atoms with E-state index in [2.05, 4.69) is 23.5 Å². The molecule has 0 spiro atoms. The number of non-ortho nitro benzene ring substituents is 1. The van der Waals surface area contributed by atoms with Crippen LogP contribution >= 0.6 is 11.8 Å². The fraction of sp³-hybridized carbons (Fsp3) is 0.400. The second-order valence-electron chi connectivity index (χ2n) is 5.21. The summed E-state index contributed by atoms with van der Waals surface area (Å²) in [4.78, 5) is 15.0. The zero-order chi connectivity index (χ0) is 15.4. The standard InChI is InChI=1S/C15H19N3O2S/c1-10(9-21-3)8-16-15-6-11(2)17-14-5-4-12(18(19)20)7-13(14)15/h4-7,10H,8-9H2,1-3H3,(H,16,17). The Labute approximate surface area is 128 Å². The number of anilines is 1. The van der Waals surface area contributed by atoms with Gasteiger partial charge in [0.1, 0.15) is 0 Å². The molecule has 1 atom stereocenters. The number of thioether (sulfide) groups is 1. The predicted molar refractivity (Wildman–Crippen MR) is 89.2 cm³/mol. The maximum absolute atomic E-state index is 10.9. The minimum Gasteiger partial charge on any atom is -0.384 e. The van der Waals surface area contributed by atoms with Crippen molar-refractivity contribution in [2.45, 2.75) is 13.8 Å². The van der Waals surface area contributed by atoms with Gasteiger partial charge < -0.3 is 5.32 Å². The Bertz CT molecular complexity index is 661. The number of fused-ring (bicyclic) bond motifs is 1. The van der Waals surface area contributed by atoms with Gasteiger partial charge in [-0.1, -0.05) is 6.92 Å². The molecule has 112 valence electrons. The number of pyridine rings is 1. The minimum absolute atomic E-state index is 0.0911. The number of aryl methyl sites for hydroxylation is 1. The van der Waals surface area contributed by atoms with Crippen LogP contribution in [0.2, 0.25) is 0 Å². The first-order valence-corrected chi connectivity index (χ1v) is 8.19. The third kappa shape index (κ3) is 3.85. The van der Waals surface area contributed by atoms with E-state index in [4.69, 9.17) is 0 Å². The number of aromatic nitrogens is 1. The molecule has 0 saturated heterocycles. The average molecular weight is 305 g/mol. The molecular weight excluding hydrogens is 286 g/mol. The van der Waals surface area contributed by atoms with Crippen LogP contribution in [-0.4, -0.2) is 28.5 Å². The number of benzene rings is 1. The molecular formula is C15H19N3O2S. The molecule has 1 heterocycles. The SMILES string of the molecule is CSCC(C)CNc1cc(C)nc2ccc([N+](=O)[O-])cc12. The number of nitro benzene ring substituents is 1. The first kappa shape index (κ1) is 15.6. The number of nitrogens with zero attached hydrogens (tertiary/aromatic N) is 2. The van der Waals surface area contributed by atoms with Crippen LogP contribution in [-0.2, 0) is 0 Å². The number of rotatable bonds is 6. The first-order valence-electron chi connectivity index (χ1n) is 6.80. The van der Waals surface area contributed by atoms with Crippen molar-refractivity contribution in [2.24, 2.45) is 5.92 Å². The van der Waals surface area contributed by atoms with E-state index < -0.39 is 0 Å². The monoisotopic (exact) mass is 305 g/mol. The Morgan fingerprint density at radius 1 is 1.43 bits per heavy atom. The topological polar surface area (TPSA) is 68.1 Å². The molecule has 2 rings (SSSR count). The number of hydrogen-bond donors (Lipinski definition) is 1. The quantitative estimate of drug-likeness (QED) is 0.648. The Kier molecular flexibility index (Phi) is 5.01. The van der Waals surface area contributed by atoms with Gasteiger partial charge in [0.05, 0.1) is 10.4 Å².